The summed E-state index contributed by atoms with van der Waals surface area (Å²) in [7, 11) is -2.09. The minimum atomic E-state index is -3.85. The molecular formula is C24H28Cl2N4O3S. The average molecular weight is 523 g/mol. The van der Waals surface area contributed by atoms with E-state index in [4.69, 9.17) is 23.2 Å². The molecule has 0 spiro atoms. The quantitative estimate of drug-likeness (QED) is 0.574. The van der Waals surface area contributed by atoms with Crippen molar-refractivity contribution in [1.29, 1.82) is 0 Å². The molecule has 1 atom stereocenters. The number of hydrogen-bond donors (Lipinski definition) is 1. The van der Waals surface area contributed by atoms with Crippen molar-refractivity contribution in [1.82, 2.24) is 14.5 Å². The SMILES string of the molecule is CN(CCc1ccc(C2=NCCN2)cc1)C(=O)CC1CCCN1S(=O)(=O)c1cccc(Cl)c1Cl. The van der Waals surface area contributed by atoms with Gasteiger partial charge in [-0.2, -0.15) is 4.31 Å². The Labute approximate surface area is 210 Å². The summed E-state index contributed by atoms with van der Waals surface area (Å²) in [6.07, 6.45) is 2.19. The summed E-state index contributed by atoms with van der Waals surface area (Å²) in [6, 6.07) is 12.4. The first-order valence-corrected chi connectivity index (χ1v) is 13.5. The molecule has 7 nitrogen and oxygen atoms in total. The van der Waals surface area contributed by atoms with Gasteiger partial charge in [0.15, 0.2) is 0 Å². The van der Waals surface area contributed by atoms with Gasteiger partial charge < -0.3 is 10.2 Å². The standard InChI is InChI=1S/C24H28Cl2N4O3S/c1-29(15-11-17-7-9-18(10-8-17)24-27-12-13-28-24)22(31)16-19-4-3-14-30(19)34(32,33)21-6-2-5-20(25)23(21)26/h2,5-10,19H,3-4,11-16H2,1H3,(H,27,28). The molecule has 0 aromatic heterocycles. The number of amides is 1. The zero-order valence-corrected chi connectivity index (χ0v) is 21.3. The van der Waals surface area contributed by atoms with E-state index in [0.29, 0.717) is 32.4 Å². The van der Waals surface area contributed by atoms with Gasteiger partial charge in [-0.1, -0.05) is 53.5 Å². The fourth-order valence-electron chi connectivity index (χ4n) is 4.34. The number of amidine groups is 1. The van der Waals surface area contributed by atoms with Crippen LogP contribution >= 0.6 is 23.2 Å². The molecule has 34 heavy (non-hydrogen) atoms. The number of sulfonamides is 1. The molecule has 2 aliphatic heterocycles. The van der Waals surface area contributed by atoms with E-state index in [1.165, 1.54) is 10.4 Å². The van der Waals surface area contributed by atoms with Gasteiger partial charge in [0, 0.05) is 44.7 Å². The predicted molar refractivity (Wildman–Crippen MR) is 135 cm³/mol. The Bertz CT molecular complexity index is 1190. The molecule has 1 saturated heterocycles. The smallest absolute Gasteiger partial charge is 0.244 e. The number of likely N-dealkylation sites (N-methyl/N-ethyl adjacent to an activating group) is 1. The Kier molecular flexibility index (Phi) is 7.82. The van der Waals surface area contributed by atoms with Crippen molar-refractivity contribution < 1.29 is 13.2 Å². The molecule has 2 aromatic rings. The molecule has 1 N–H and O–H groups in total. The summed E-state index contributed by atoms with van der Waals surface area (Å²) in [5.74, 6) is 0.847. The number of nitrogens with one attached hydrogen (secondary N) is 1. The number of halogens is 2. The van der Waals surface area contributed by atoms with Crippen molar-refractivity contribution >= 4 is 45.0 Å². The lowest BCUT2D eigenvalue weighted by Crippen LogP contribution is -2.40. The van der Waals surface area contributed by atoms with Crippen molar-refractivity contribution in [2.45, 2.75) is 36.6 Å². The molecule has 2 heterocycles. The first kappa shape index (κ1) is 25.0. The molecule has 4 rings (SSSR count). The molecule has 0 aliphatic carbocycles. The largest absolute Gasteiger partial charge is 0.368 e. The second-order valence-corrected chi connectivity index (χ2v) is 11.2. The van der Waals surface area contributed by atoms with Crippen LogP contribution in [0, 0.1) is 0 Å². The van der Waals surface area contributed by atoms with Crippen molar-refractivity contribution in [2.24, 2.45) is 4.99 Å². The monoisotopic (exact) mass is 522 g/mol. The Morgan fingerprint density at radius 3 is 2.68 bits per heavy atom. The molecule has 1 fully saturated rings. The van der Waals surface area contributed by atoms with E-state index in [2.05, 4.69) is 22.4 Å². The van der Waals surface area contributed by atoms with Crippen LogP contribution < -0.4 is 5.32 Å². The van der Waals surface area contributed by atoms with Crippen LogP contribution in [0.5, 0.6) is 0 Å². The van der Waals surface area contributed by atoms with Gasteiger partial charge >= 0.3 is 0 Å². The predicted octanol–water partition coefficient (Wildman–Crippen LogP) is 3.59. The molecule has 1 amide bonds. The normalized spacial score (nSPS) is 18.6. The first-order valence-electron chi connectivity index (χ1n) is 11.3. The topological polar surface area (TPSA) is 82.1 Å². The maximum Gasteiger partial charge on any atom is 0.244 e. The van der Waals surface area contributed by atoms with Crippen LogP contribution in [0.25, 0.3) is 0 Å². The zero-order valence-electron chi connectivity index (χ0n) is 19.0. The summed E-state index contributed by atoms with van der Waals surface area (Å²) in [4.78, 5) is 19.0. The number of benzene rings is 2. The van der Waals surface area contributed by atoms with Gasteiger partial charge in [0.25, 0.3) is 0 Å². The number of rotatable bonds is 8. The highest BCUT2D eigenvalue weighted by molar-refractivity contribution is 7.89. The van der Waals surface area contributed by atoms with Crippen LogP contribution in [0.3, 0.4) is 0 Å². The highest BCUT2D eigenvalue weighted by Crippen LogP contribution is 2.34. The lowest BCUT2D eigenvalue weighted by molar-refractivity contribution is -0.130. The maximum absolute atomic E-state index is 13.2. The van der Waals surface area contributed by atoms with E-state index >= 15 is 0 Å². The highest BCUT2D eigenvalue weighted by atomic mass is 35.5. The number of carbonyl (C=O) groups is 1. The maximum atomic E-state index is 13.2. The van der Waals surface area contributed by atoms with Gasteiger partial charge in [0.1, 0.15) is 10.7 Å². The summed E-state index contributed by atoms with van der Waals surface area (Å²) in [5, 5.41) is 3.46. The third-order valence-electron chi connectivity index (χ3n) is 6.30. The highest BCUT2D eigenvalue weighted by Gasteiger charge is 2.38. The van der Waals surface area contributed by atoms with Crippen molar-refractivity contribution in [3.63, 3.8) is 0 Å². The number of nitrogens with zero attached hydrogens (tertiary/aromatic N) is 3. The fraction of sp³-hybridized carbons (Fsp3) is 0.417. The third-order valence-corrected chi connectivity index (χ3v) is 9.22. The molecular weight excluding hydrogens is 495 g/mol. The third kappa shape index (κ3) is 5.40. The number of aliphatic imine (C=N–C) groups is 1. The molecule has 0 radical (unpaired) electrons. The van der Waals surface area contributed by atoms with Crippen molar-refractivity contribution in [2.75, 3.05) is 33.2 Å². The summed E-state index contributed by atoms with van der Waals surface area (Å²) in [6.45, 7) is 2.59. The van der Waals surface area contributed by atoms with Crippen molar-refractivity contribution in [3.8, 4) is 0 Å². The van der Waals surface area contributed by atoms with E-state index in [1.54, 1.807) is 24.1 Å². The van der Waals surface area contributed by atoms with E-state index < -0.39 is 16.1 Å². The van der Waals surface area contributed by atoms with Gasteiger partial charge in [-0.3, -0.25) is 9.79 Å². The number of carbonyl (C=O) groups excluding carboxylic acids is 1. The van der Waals surface area contributed by atoms with Gasteiger partial charge in [-0.25, -0.2) is 8.42 Å². The molecule has 10 heteroatoms. The van der Waals surface area contributed by atoms with Gasteiger partial charge in [0.05, 0.1) is 16.6 Å². The van der Waals surface area contributed by atoms with E-state index in [0.717, 1.165) is 30.1 Å². The van der Waals surface area contributed by atoms with E-state index in [-0.39, 0.29) is 27.3 Å². The van der Waals surface area contributed by atoms with Crippen LogP contribution in [-0.4, -0.2) is 68.6 Å². The van der Waals surface area contributed by atoms with Crippen LogP contribution in [0.2, 0.25) is 10.0 Å². The molecule has 1 unspecified atom stereocenters. The summed E-state index contributed by atoms with van der Waals surface area (Å²) >= 11 is 12.2. The fourth-order valence-corrected chi connectivity index (χ4v) is 6.77. The summed E-state index contributed by atoms with van der Waals surface area (Å²) < 4.78 is 27.9. The molecule has 0 bridgehead atoms. The lowest BCUT2D eigenvalue weighted by atomic mass is 10.1. The van der Waals surface area contributed by atoms with Gasteiger partial charge in [-0.15, -0.1) is 0 Å². The van der Waals surface area contributed by atoms with E-state index in [9.17, 15) is 13.2 Å². The van der Waals surface area contributed by atoms with Crippen LogP contribution in [-0.2, 0) is 21.2 Å². The molecule has 0 saturated carbocycles. The van der Waals surface area contributed by atoms with Gasteiger partial charge in [-0.05, 0) is 37.0 Å². The summed E-state index contributed by atoms with van der Waals surface area (Å²) in [5.41, 5.74) is 2.19. The second kappa shape index (κ2) is 10.6. The van der Waals surface area contributed by atoms with E-state index in [1.807, 2.05) is 12.1 Å². The first-order chi connectivity index (χ1) is 16.3. The number of hydrogen-bond acceptors (Lipinski definition) is 5. The van der Waals surface area contributed by atoms with Gasteiger partial charge in [0.2, 0.25) is 15.9 Å². The molecule has 2 aromatic carbocycles. The molecule has 2 aliphatic rings. The lowest BCUT2D eigenvalue weighted by Gasteiger charge is -2.26. The van der Waals surface area contributed by atoms with Crippen LogP contribution in [0.1, 0.15) is 30.4 Å². The minimum Gasteiger partial charge on any atom is -0.368 e. The Balaban J connectivity index is 1.35. The van der Waals surface area contributed by atoms with Crippen molar-refractivity contribution in [3.05, 3.63) is 63.6 Å². The molecule has 182 valence electrons. The Morgan fingerprint density at radius 2 is 1.97 bits per heavy atom. The second-order valence-electron chi connectivity index (χ2n) is 8.59. The average Bonchev–Trinajstić information content (AvgIpc) is 3.52. The minimum absolute atomic E-state index is 0.0139. The Hall–Kier alpha value is -2.13. The van der Waals surface area contributed by atoms with Crippen LogP contribution in [0.15, 0.2) is 52.4 Å². The zero-order chi connectivity index (χ0) is 24.3. The van der Waals surface area contributed by atoms with Crippen LogP contribution in [0.4, 0.5) is 0 Å². The Morgan fingerprint density at radius 1 is 1.21 bits per heavy atom.